The lowest BCUT2D eigenvalue weighted by molar-refractivity contribution is 1.11. The molecule has 4 aromatic carbocycles. The average Bonchev–Trinajstić information content (AvgIpc) is 3.35. The van der Waals surface area contributed by atoms with E-state index in [0.717, 1.165) is 29.9 Å². The molecule has 0 atom stereocenters. The molecule has 3 nitrogen and oxygen atoms in total. The fourth-order valence-electron chi connectivity index (χ4n) is 6.02. The molecular formula is C32H21N3. The Morgan fingerprint density at radius 2 is 1.43 bits per heavy atom. The molecule has 0 radical (unpaired) electrons. The zero-order chi connectivity index (χ0) is 22.9. The summed E-state index contributed by atoms with van der Waals surface area (Å²) in [4.78, 5) is 8.78. The van der Waals surface area contributed by atoms with E-state index < -0.39 is 0 Å². The number of allylic oxidation sites excluding steroid dienone is 2. The third-order valence-electron chi connectivity index (χ3n) is 7.56. The molecule has 0 amide bonds. The van der Waals surface area contributed by atoms with Crippen LogP contribution in [0.25, 0.3) is 61.9 Å². The molecule has 2 aromatic heterocycles. The van der Waals surface area contributed by atoms with Gasteiger partial charge in [0, 0.05) is 18.0 Å². The van der Waals surface area contributed by atoms with Gasteiger partial charge in [0.15, 0.2) is 0 Å². The first kappa shape index (κ1) is 18.9. The van der Waals surface area contributed by atoms with Crippen molar-refractivity contribution in [3.63, 3.8) is 0 Å². The van der Waals surface area contributed by atoms with E-state index in [1.54, 1.807) is 6.20 Å². The summed E-state index contributed by atoms with van der Waals surface area (Å²) in [6.45, 7) is 0. The molecule has 0 saturated heterocycles. The summed E-state index contributed by atoms with van der Waals surface area (Å²) in [5.41, 5.74) is 10.3. The number of nitrogens with zero attached hydrogens (tertiary/aromatic N) is 3. The van der Waals surface area contributed by atoms with Gasteiger partial charge in [-0.05, 0) is 86.0 Å². The van der Waals surface area contributed by atoms with Gasteiger partial charge in [-0.25, -0.2) is 9.97 Å². The largest absolute Gasteiger partial charge is 0.284 e. The molecule has 2 aliphatic carbocycles. The predicted octanol–water partition coefficient (Wildman–Crippen LogP) is 7.51. The molecule has 164 valence electrons. The van der Waals surface area contributed by atoms with E-state index in [9.17, 15) is 0 Å². The Labute approximate surface area is 202 Å². The minimum atomic E-state index is 0.719. The fraction of sp³-hybridized carbons (Fsp3) is 0.0625. The van der Waals surface area contributed by atoms with Gasteiger partial charge in [0.25, 0.3) is 0 Å². The van der Waals surface area contributed by atoms with Crippen LogP contribution < -0.4 is 0 Å². The van der Waals surface area contributed by atoms with Crippen LogP contribution >= 0.6 is 0 Å². The molecule has 2 aliphatic rings. The van der Waals surface area contributed by atoms with Crippen molar-refractivity contribution < 1.29 is 0 Å². The normalized spacial score (nSPS) is 13.8. The lowest BCUT2D eigenvalue weighted by atomic mass is 9.80. The Bertz CT molecular complexity index is 1890. The molecule has 0 saturated carbocycles. The van der Waals surface area contributed by atoms with Gasteiger partial charge in [-0.2, -0.15) is 0 Å². The molecule has 2 heterocycles. The van der Waals surface area contributed by atoms with Gasteiger partial charge >= 0.3 is 0 Å². The van der Waals surface area contributed by atoms with Gasteiger partial charge < -0.3 is 0 Å². The van der Waals surface area contributed by atoms with Crippen molar-refractivity contribution in [2.24, 2.45) is 0 Å². The first-order valence-corrected chi connectivity index (χ1v) is 12.1. The molecule has 0 bridgehead atoms. The summed E-state index contributed by atoms with van der Waals surface area (Å²) in [7, 11) is 0. The Morgan fingerprint density at radius 3 is 2.29 bits per heavy atom. The second kappa shape index (κ2) is 7.00. The van der Waals surface area contributed by atoms with Crippen LogP contribution in [0.3, 0.4) is 0 Å². The Morgan fingerprint density at radius 1 is 0.657 bits per heavy atom. The van der Waals surface area contributed by atoms with Crippen LogP contribution in [0.4, 0.5) is 0 Å². The highest BCUT2D eigenvalue weighted by molar-refractivity contribution is 6.17. The number of imidazole rings is 1. The summed E-state index contributed by atoms with van der Waals surface area (Å²) >= 11 is 0. The summed E-state index contributed by atoms with van der Waals surface area (Å²) in [6, 6.07) is 22.3. The summed E-state index contributed by atoms with van der Waals surface area (Å²) in [5.74, 6) is 0.719. The van der Waals surface area contributed by atoms with Crippen molar-refractivity contribution >= 4 is 39.5 Å². The average molecular weight is 448 g/mol. The maximum Gasteiger partial charge on any atom is 0.234 e. The quantitative estimate of drug-likeness (QED) is 0.257. The van der Waals surface area contributed by atoms with E-state index in [1.807, 2.05) is 22.9 Å². The first-order chi connectivity index (χ1) is 17.3. The van der Waals surface area contributed by atoms with Gasteiger partial charge in [-0.3, -0.25) is 4.40 Å². The zero-order valence-corrected chi connectivity index (χ0v) is 19.1. The second-order valence-corrected chi connectivity index (χ2v) is 9.44. The smallest absolute Gasteiger partial charge is 0.234 e. The molecule has 0 N–H and O–H groups in total. The molecule has 0 unspecified atom stereocenters. The van der Waals surface area contributed by atoms with E-state index in [2.05, 4.69) is 88.9 Å². The molecule has 6 aromatic rings. The van der Waals surface area contributed by atoms with E-state index in [1.165, 1.54) is 54.9 Å². The van der Waals surface area contributed by atoms with E-state index in [0.29, 0.717) is 0 Å². The van der Waals surface area contributed by atoms with E-state index in [4.69, 9.17) is 0 Å². The van der Waals surface area contributed by atoms with Gasteiger partial charge in [0.05, 0.1) is 11.9 Å². The van der Waals surface area contributed by atoms with Crippen molar-refractivity contribution in [1.82, 2.24) is 14.4 Å². The summed E-state index contributed by atoms with van der Waals surface area (Å²) in [5, 5.41) is 5.60. The number of benzene rings is 4. The van der Waals surface area contributed by atoms with Crippen LogP contribution in [0.5, 0.6) is 0 Å². The van der Waals surface area contributed by atoms with Gasteiger partial charge in [-0.1, -0.05) is 66.8 Å². The maximum absolute atomic E-state index is 4.44. The highest BCUT2D eigenvalue weighted by Crippen LogP contribution is 2.43. The molecule has 3 heteroatoms. The monoisotopic (exact) mass is 447 g/mol. The number of rotatable bonds is 2. The topological polar surface area (TPSA) is 30.2 Å². The van der Waals surface area contributed by atoms with Crippen LogP contribution in [0.1, 0.15) is 22.3 Å². The number of aromatic nitrogens is 3. The lowest BCUT2D eigenvalue weighted by Gasteiger charge is -2.24. The molecule has 8 rings (SSSR count). The van der Waals surface area contributed by atoms with Crippen molar-refractivity contribution in [1.29, 1.82) is 0 Å². The third-order valence-corrected chi connectivity index (χ3v) is 7.56. The molecule has 0 spiro atoms. The van der Waals surface area contributed by atoms with Crippen LogP contribution in [-0.4, -0.2) is 14.4 Å². The van der Waals surface area contributed by atoms with Crippen LogP contribution in [0.15, 0.2) is 91.4 Å². The maximum atomic E-state index is 4.44. The minimum absolute atomic E-state index is 0.719. The molecule has 35 heavy (non-hydrogen) atoms. The summed E-state index contributed by atoms with van der Waals surface area (Å²) in [6.07, 6.45) is 16.9. The third kappa shape index (κ3) is 2.66. The number of hydrogen-bond donors (Lipinski definition) is 0. The first-order valence-electron chi connectivity index (χ1n) is 12.1. The van der Waals surface area contributed by atoms with E-state index >= 15 is 0 Å². The predicted molar refractivity (Wildman–Crippen MR) is 144 cm³/mol. The second-order valence-electron chi connectivity index (χ2n) is 9.44. The number of hydrogen-bond acceptors (Lipinski definition) is 2. The van der Waals surface area contributed by atoms with Crippen LogP contribution in [-0.2, 0) is 12.8 Å². The Balaban J connectivity index is 1.33. The molecule has 0 fully saturated rings. The van der Waals surface area contributed by atoms with Crippen LogP contribution in [0, 0.1) is 0 Å². The van der Waals surface area contributed by atoms with Gasteiger partial charge in [0.2, 0.25) is 5.78 Å². The fourth-order valence-corrected chi connectivity index (χ4v) is 6.02. The van der Waals surface area contributed by atoms with Crippen molar-refractivity contribution in [3.05, 3.63) is 114 Å². The van der Waals surface area contributed by atoms with Crippen molar-refractivity contribution in [2.75, 3.05) is 0 Å². The van der Waals surface area contributed by atoms with Gasteiger partial charge in [0.1, 0.15) is 0 Å². The molecule has 0 aliphatic heterocycles. The SMILES string of the molecule is C1=Cc2cccc3c2c(c2c4c(cc(-c5ccc(-c6cnc7ncccn67)cc5)cc43)C=CC2)C1. The lowest BCUT2D eigenvalue weighted by Crippen LogP contribution is -2.04. The highest BCUT2D eigenvalue weighted by atomic mass is 15.1. The van der Waals surface area contributed by atoms with Gasteiger partial charge in [-0.15, -0.1) is 0 Å². The highest BCUT2D eigenvalue weighted by Gasteiger charge is 2.21. The van der Waals surface area contributed by atoms with Crippen molar-refractivity contribution in [3.8, 4) is 22.4 Å². The van der Waals surface area contributed by atoms with Crippen molar-refractivity contribution in [2.45, 2.75) is 12.8 Å². The van der Waals surface area contributed by atoms with Crippen LogP contribution in [0.2, 0.25) is 0 Å². The number of fused-ring (bicyclic) bond motifs is 3. The Hall–Kier alpha value is -4.50. The zero-order valence-electron chi connectivity index (χ0n) is 19.1. The Kier molecular flexibility index (Phi) is 3.78. The minimum Gasteiger partial charge on any atom is -0.284 e. The van der Waals surface area contributed by atoms with E-state index in [-0.39, 0.29) is 0 Å². The standard InChI is InChI=1S/C32H21N3/c1-5-22-6-2-10-27-28-18-24(17-23-7-3-9-26(31(23)28)25(8-1)30(22)27)20-11-13-21(14-12-20)29-19-34-32-33-15-4-16-35(29)32/h1-7,10-19H,8-9H2. The molecular weight excluding hydrogens is 426 g/mol. The summed E-state index contributed by atoms with van der Waals surface area (Å²) < 4.78 is 2.03.